The van der Waals surface area contributed by atoms with Crippen molar-refractivity contribution in [2.24, 2.45) is 0 Å². The summed E-state index contributed by atoms with van der Waals surface area (Å²) in [6, 6.07) is 23.2. The first-order valence-corrected chi connectivity index (χ1v) is 12.7. The van der Waals surface area contributed by atoms with E-state index < -0.39 is 23.5 Å². The Balaban J connectivity index is 1.65. The highest BCUT2D eigenvalue weighted by Crippen LogP contribution is 2.43. The van der Waals surface area contributed by atoms with Gasteiger partial charge in [-0.1, -0.05) is 30.3 Å². The van der Waals surface area contributed by atoms with Gasteiger partial charge >= 0.3 is 5.97 Å². The average molecular weight is 570 g/mol. The number of nitrogens with zero attached hydrogens (tertiary/aromatic N) is 2. The smallest absolute Gasteiger partial charge is 0.309 e. The van der Waals surface area contributed by atoms with E-state index in [2.05, 4.69) is 5.32 Å². The van der Waals surface area contributed by atoms with E-state index >= 15 is 0 Å². The van der Waals surface area contributed by atoms with Crippen LogP contribution in [0.1, 0.15) is 17.3 Å². The summed E-state index contributed by atoms with van der Waals surface area (Å²) in [5.41, 5.74) is 2.64. The maximum Gasteiger partial charge on any atom is 0.309 e. The van der Waals surface area contributed by atoms with Crippen LogP contribution < -0.4 is 19.5 Å². The number of methoxy groups -OCH3 is 2. The van der Waals surface area contributed by atoms with Crippen LogP contribution in [0.25, 0.3) is 28.1 Å². The molecule has 5 aromatic rings. The number of hydrogen-bond donors (Lipinski definition) is 1. The van der Waals surface area contributed by atoms with Crippen molar-refractivity contribution in [1.82, 2.24) is 9.78 Å². The van der Waals surface area contributed by atoms with Gasteiger partial charge in [0.05, 0.1) is 31.0 Å². The molecule has 1 heterocycles. The van der Waals surface area contributed by atoms with Crippen molar-refractivity contribution in [3.8, 4) is 45.5 Å². The molecule has 10 heteroatoms. The molecule has 0 fully saturated rings. The number of carbonyl (C=O) groups excluding carboxylic acids is 2. The predicted molar refractivity (Wildman–Crippen MR) is 153 cm³/mol. The fraction of sp³-hybridized carbons (Fsp3) is 0.0938. The lowest BCUT2D eigenvalue weighted by Gasteiger charge is -2.11. The lowest BCUT2D eigenvalue weighted by Crippen LogP contribution is -2.13. The Bertz CT molecular complexity index is 1780. The molecule has 0 spiro atoms. The van der Waals surface area contributed by atoms with E-state index in [0.717, 1.165) is 0 Å². The van der Waals surface area contributed by atoms with Gasteiger partial charge in [-0.05, 0) is 66.2 Å². The van der Waals surface area contributed by atoms with Crippen molar-refractivity contribution >= 4 is 17.6 Å². The standard InChI is InChI=1S/C32H25F2N3O5/c1-19(38)42-32-29(20-11-14-23(15-12-20)35-31(39)25-9-4-5-10-26(25)34)30(21-13-16-27(40-2)28(17-21)41-3)36-37(32)24-8-6-7-22(33)18-24/h4-18H,1-3H3,(H,35,39). The third-order valence-electron chi connectivity index (χ3n) is 6.34. The Morgan fingerprint density at radius 2 is 1.52 bits per heavy atom. The Hall–Kier alpha value is -5.51. The number of rotatable bonds is 8. The molecule has 0 unspecified atom stereocenters. The minimum atomic E-state index is -0.637. The summed E-state index contributed by atoms with van der Waals surface area (Å²) in [6.45, 7) is 1.25. The zero-order valence-electron chi connectivity index (χ0n) is 22.9. The highest BCUT2D eigenvalue weighted by molar-refractivity contribution is 6.04. The van der Waals surface area contributed by atoms with Gasteiger partial charge in [-0.15, -0.1) is 0 Å². The molecule has 212 valence electrons. The molecule has 1 N–H and O–H groups in total. The SMILES string of the molecule is COc1ccc(-c2nn(-c3cccc(F)c3)c(OC(C)=O)c2-c2ccc(NC(=O)c3ccccc3F)cc2)cc1OC. The van der Waals surface area contributed by atoms with Crippen LogP contribution in [-0.4, -0.2) is 35.9 Å². The topological polar surface area (TPSA) is 91.7 Å². The number of hydrogen-bond acceptors (Lipinski definition) is 6. The molecule has 0 aliphatic rings. The molecule has 1 aromatic heterocycles. The number of anilines is 1. The number of aromatic nitrogens is 2. The van der Waals surface area contributed by atoms with Crippen molar-refractivity contribution < 1.29 is 32.6 Å². The number of benzene rings is 4. The summed E-state index contributed by atoms with van der Waals surface area (Å²) >= 11 is 0. The zero-order chi connectivity index (χ0) is 29.8. The van der Waals surface area contributed by atoms with Crippen molar-refractivity contribution in [1.29, 1.82) is 0 Å². The second-order valence-electron chi connectivity index (χ2n) is 9.10. The summed E-state index contributed by atoms with van der Waals surface area (Å²) in [6.07, 6.45) is 0. The number of nitrogens with one attached hydrogen (secondary N) is 1. The third kappa shape index (κ3) is 5.68. The third-order valence-corrected chi connectivity index (χ3v) is 6.34. The van der Waals surface area contributed by atoms with Gasteiger partial charge in [0, 0.05) is 18.2 Å². The molecule has 5 rings (SSSR count). The molecule has 0 aliphatic carbocycles. The molecule has 0 radical (unpaired) electrons. The summed E-state index contributed by atoms with van der Waals surface area (Å²) in [4.78, 5) is 24.9. The van der Waals surface area contributed by atoms with Gasteiger partial charge in [0.15, 0.2) is 11.5 Å². The molecular formula is C32H25F2N3O5. The quantitative estimate of drug-likeness (QED) is 0.210. The number of halogens is 2. The number of carbonyl (C=O) groups is 2. The fourth-order valence-electron chi connectivity index (χ4n) is 4.43. The van der Waals surface area contributed by atoms with Gasteiger partial charge in [-0.2, -0.15) is 9.78 Å². The molecular weight excluding hydrogens is 544 g/mol. The van der Waals surface area contributed by atoms with Gasteiger partial charge in [0.25, 0.3) is 5.91 Å². The van der Waals surface area contributed by atoms with Crippen LogP contribution in [-0.2, 0) is 4.79 Å². The molecule has 0 saturated heterocycles. The maximum atomic E-state index is 14.2. The van der Waals surface area contributed by atoms with E-state index in [4.69, 9.17) is 19.3 Å². The first-order valence-electron chi connectivity index (χ1n) is 12.7. The Labute approximate surface area is 240 Å². The van der Waals surface area contributed by atoms with E-state index in [1.54, 1.807) is 54.6 Å². The summed E-state index contributed by atoms with van der Waals surface area (Å²) in [5, 5.41) is 7.42. The predicted octanol–water partition coefficient (Wildman–Crippen LogP) is 6.68. The molecule has 0 bridgehead atoms. The lowest BCUT2D eigenvalue weighted by molar-refractivity contribution is -0.132. The zero-order valence-corrected chi connectivity index (χ0v) is 22.9. The molecule has 4 aromatic carbocycles. The summed E-state index contributed by atoms with van der Waals surface area (Å²) in [7, 11) is 3.03. The van der Waals surface area contributed by atoms with Crippen molar-refractivity contribution in [2.45, 2.75) is 6.92 Å². The van der Waals surface area contributed by atoms with Crippen LogP contribution in [0.2, 0.25) is 0 Å². The Kier molecular flexibility index (Phi) is 7.96. The second-order valence-corrected chi connectivity index (χ2v) is 9.10. The van der Waals surface area contributed by atoms with Gasteiger partial charge in [-0.3, -0.25) is 9.59 Å². The molecule has 8 nitrogen and oxygen atoms in total. The van der Waals surface area contributed by atoms with Crippen LogP contribution in [0.15, 0.2) is 91.0 Å². The average Bonchev–Trinajstić information content (AvgIpc) is 3.35. The van der Waals surface area contributed by atoms with Crippen LogP contribution in [0, 0.1) is 11.6 Å². The first-order chi connectivity index (χ1) is 20.3. The van der Waals surface area contributed by atoms with Gasteiger partial charge in [0.1, 0.15) is 17.3 Å². The van der Waals surface area contributed by atoms with Crippen LogP contribution in [0.4, 0.5) is 14.5 Å². The van der Waals surface area contributed by atoms with E-state index in [0.29, 0.717) is 45.3 Å². The van der Waals surface area contributed by atoms with E-state index in [1.807, 2.05) is 0 Å². The second kappa shape index (κ2) is 11.9. The number of esters is 1. The van der Waals surface area contributed by atoms with E-state index in [-0.39, 0.29) is 11.4 Å². The number of ether oxygens (including phenoxy) is 3. The first kappa shape index (κ1) is 28.0. The van der Waals surface area contributed by atoms with Gasteiger partial charge in [0.2, 0.25) is 5.88 Å². The van der Waals surface area contributed by atoms with Crippen molar-refractivity contribution in [3.05, 3.63) is 108 Å². The van der Waals surface area contributed by atoms with Gasteiger partial charge in [-0.25, -0.2) is 8.78 Å². The maximum absolute atomic E-state index is 14.2. The summed E-state index contributed by atoms with van der Waals surface area (Å²) in [5.74, 6) is -1.35. The van der Waals surface area contributed by atoms with Gasteiger partial charge < -0.3 is 19.5 Å². The molecule has 1 amide bonds. The Morgan fingerprint density at radius 1 is 0.810 bits per heavy atom. The molecule has 0 atom stereocenters. The van der Waals surface area contributed by atoms with Crippen molar-refractivity contribution in [2.75, 3.05) is 19.5 Å². The minimum absolute atomic E-state index is 0.0565. The normalized spacial score (nSPS) is 10.7. The molecule has 0 saturated carbocycles. The highest BCUT2D eigenvalue weighted by atomic mass is 19.1. The van der Waals surface area contributed by atoms with Crippen LogP contribution >= 0.6 is 0 Å². The van der Waals surface area contributed by atoms with E-state index in [9.17, 15) is 18.4 Å². The summed E-state index contributed by atoms with van der Waals surface area (Å²) < 4.78 is 46.2. The highest BCUT2D eigenvalue weighted by Gasteiger charge is 2.26. The van der Waals surface area contributed by atoms with Crippen LogP contribution in [0.5, 0.6) is 17.4 Å². The van der Waals surface area contributed by atoms with Crippen LogP contribution in [0.3, 0.4) is 0 Å². The molecule has 42 heavy (non-hydrogen) atoms. The lowest BCUT2D eigenvalue weighted by atomic mass is 10.0. The monoisotopic (exact) mass is 569 g/mol. The number of amides is 1. The fourth-order valence-corrected chi connectivity index (χ4v) is 4.43. The Morgan fingerprint density at radius 3 is 2.19 bits per heavy atom. The molecule has 0 aliphatic heterocycles. The van der Waals surface area contributed by atoms with E-state index in [1.165, 1.54) is 62.2 Å². The minimum Gasteiger partial charge on any atom is -0.493 e. The largest absolute Gasteiger partial charge is 0.493 e. The van der Waals surface area contributed by atoms with Crippen molar-refractivity contribution in [3.63, 3.8) is 0 Å².